The van der Waals surface area contributed by atoms with Crippen LogP contribution < -0.4 is 5.32 Å². The molecule has 0 radical (unpaired) electrons. The minimum absolute atomic E-state index is 0.777. The maximum absolute atomic E-state index is 3.50. The first-order valence-corrected chi connectivity index (χ1v) is 8.40. The van der Waals surface area contributed by atoms with Crippen molar-refractivity contribution in [1.29, 1.82) is 0 Å². The van der Waals surface area contributed by atoms with Crippen molar-refractivity contribution in [2.45, 2.75) is 33.1 Å². The van der Waals surface area contributed by atoms with Crippen LogP contribution in [0.3, 0.4) is 0 Å². The number of hydrogen-bond acceptors (Lipinski definition) is 2. The van der Waals surface area contributed by atoms with Crippen molar-refractivity contribution in [2.75, 3.05) is 25.1 Å². The molecule has 102 valence electrons. The third-order valence-electron chi connectivity index (χ3n) is 3.25. The summed E-state index contributed by atoms with van der Waals surface area (Å²) >= 11 is 1.96. The first-order valence-electron chi connectivity index (χ1n) is 7.01. The van der Waals surface area contributed by atoms with E-state index in [4.69, 9.17) is 0 Å². The van der Waals surface area contributed by atoms with Crippen LogP contribution in [0.15, 0.2) is 24.3 Å². The van der Waals surface area contributed by atoms with Crippen molar-refractivity contribution < 1.29 is 0 Å². The highest BCUT2D eigenvalue weighted by Gasteiger charge is 2.09. The van der Waals surface area contributed by atoms with Crippen LogP contribution in [-0.4, -0.2) is 25.1 Å². The number of hydrogen-bond donors (Lipinski definition) is 1. The van der Waals surface area contributed by atoms with Crippen LogP contribution in [0.5, 0.6) is 0 Å². The molecular formula is C16H27NS. The van der Waals surface area contributed by atoms with Crippen molar-refractivity contribution in [3.05, 3.63) is 35.4 Å². The van der Waals surface area contributed by atoms with Crippen molar-refractivity contribution in [2.24, 2.45) is 5.92 Å². The maximum atomic E-state index is 3.50. The predicted octanol–water partition coefficient (Wildman–Crippen LogP) is 3.91. The molecule has 0 spiro atoms. The van der Waals surface area contributed by atoms with Crippen LogP contribution in [0.25, 0.3) is 0 Å². The Bertz CT molecular complexity index is 325. The lowest BCUT2D eigenvalue weighted by atomic mass is 9.94. The zero-order chi connectivity index (χ0) is 13.2. The first kappa shape index (κ1) is 15.6. The van der Waals surface area contributed by atoms with Gasteiger partial charge in [-0.25, -0.2) is 0 Å². The highest BCUT2D eigenvalue weighted by atomic mass is 32.2. The lowest BCUT2D eigenvalue weighted by Crippen LogP contribution is -2.24. The van der Waals surface area contributed by atoms with Crippen LogP contribution in [-0.2, 0) is 6.42 Å². The Balaban J connectivity index is 2.48. The van der Waals surface area contributed by atoms with Gasteiger partial charge in [0.25, 0.3) is 0 Å². The fourth-order valence-electron chi connectivity index (χ4n) is 2.31. The highest BCUT2D eigenvalue weighted by Crippen LogP contribution is 2.16. The quantitative estimate of drug-likeness (QED) is 0.680. The second kappa shape index (κ2) is 9.46. The molecule has 1 rings (SSSR count). The van der Waals surface area contributed by atoms with Crippen molar-refractivity contribution in [1.82, 2.24) is 5.32 Å². The summed E-state index contributed by atoms with van der Waals surface area (Å²) in [6, 6.07) is 8.95. The smallest absolute Gasteiger partial charge is 0.00174 e. The lowest BCUT2D eigenvalue weighted by molar-refractivity contribution is 0.446. The van der Waals surface area contributed by atoms with Gasteiger partial charge in [-0.15, -0.1) is 0 Å². The normalized spacial score (nSPS) is 12.6. The molecule has 1 unspecified atom stereocenters. The van der Waals surface area contributed by atoms with Gasteiger partial charge in [-0.05, 0) is 62.8 Å². The number of benzene rings is 1. The third kappa shape index (κ3) is 6.46. The average Bonchev–Trinajstić information content (AvgIpc) is 2.36. The Morgan fingerprint density at radius 2 is 2.17 bits per heavy atom. The van der Waals surface area contributed by atoms with Gasteiger partial charge in [-0.2, -0.15) is 11.8 Å². The monoisotopic (exact) mass is 265 g/mol. The summed E-state index contributed by atoms with van der Waals surface area (Å²) in [5.74, 6) is 2.06. The van der Waals surface area contributed by atoms with Crippen LogP contribution >= 0.6 is 11.8 Å². The summed E-state index contributed by atoms with van der Waals surface area (Å²) in [6.07, 6.45) is 6.08. The van der Waals surface area contributed by atoms with Gasteiger partial charge >= 0.3 is 0 Å². The second-order valence-electron chi connectivity index (χ2n) is 5.00. The molecule has 0 aromatic heterocycles. The van der Waals surface area contributed by atoms with E-state index in [1.807, 2.05) is 11.8 Å². The molecule has 0 aliphatic rings. The molecule has 1 N–H and O–H groups in total. The van der Waals surface area contributed by atoms with E-state index in [9.17, 15) is 0 Å². The molecule has 2 heteroatoms. The summed E-state index contributed by atoms with van der Waals surface area (Å²) in [5, 5.41) is 3.50. The summed E-state index contributed by atoms with van der Waals surface area (Å²) < 4.78 is 0. The molecule has 0 aliphatic heterocycles. The van der Waals surface area contributed by atoms with Gasteiger partial charge in [0.1, 0.15) is 0 Å². The van der Waals surface area contributed by atoms with Gasteiger partial charge in [0.2, 0.25) is 0 Å². The Morgan fingerprint density at radius 3 is 2.83 bits per heavy atom. The van der Waals surface area contributed by atoms with E-state index in [0.717, 1.165) is 19.0 Å². The molecule has 0 heterocycles. The Kier molecular flexibility index (Phi) is 8.19. The topological polar surface area (TPSA) is 12.0 Å². The summed E-state index contributed by atoms with van der Waals surface area (Å²) in [4.78, 5) is 0. The van der Waals surface area contributed by atoms with E-state index in [2.05, 4.69) is 49.7 Å². The van der Waals surface area contributed by atoms with Gasteiger partial charge < -0.3 is 5.32 Å². The summed E-state index contributed by atoms with van der Waals surface area (Å²) in [7, 11) is 0. The number of rotatable bonds is 9. The van der Waals surface area contributed by atoms with Gasteiger partial charge in [0.05, 0.1) is 0 Å². The molecule has 0 amide bonds. The number of aryl methyl sites for hydroxylation is 1. The average molecular weight is 265 g/mol. The van der Waals surface area contributed by atoms with E-state index in [1.165, 1.54) is 36.1 Å². The Labute approximate surface area is 117 Å². The van der Waals surface area contributed by atoms with Crippen LogP contribution in [0, 0.1) is 12.8 Å². The zero-order valence-corrected chi connectivity index (χ0v) is 12.9. The third-order valence-corrected chi connectivity index (χ3v) is 3.95. The standard InChI is InChI=1S/C16H27NS/c1-4-17-13-16(9-6-10-18-3)12-15-8-5-7-14(2)11-15/h5,7-8,11,16-17H,4,6,9-10,12-13H2,1-3H3. The zero-order valence-electron chi connectivity index (χ0n) is 12.0. The van der Waals surface area contributed by atoms with Gasteiger partial charge in [-0.3, -0.25) is 0 Å². The largest absolute Gasteiger partial charge is 0.317 e. The highest BCUT2D eigenvalue weighted by molar-refractivity contribution is 7.98. The predicted molar refractivity (Wildman–Crippen MR) is 84.5 cm³/mol. The summed E-state index contributed by atoms with van der Waals surface area (Å²) in [6.45, 7) is 6.59. The lowest BCUT2D eigenvalue weighted by Gasteiger charge is -2.17. The SMILES string of the molecule is CCNCC(CCCSC)Cc1cccc(C)c1. The van der Waals surface area contributed by atoms with Crippen LogP contribution in [0.2, 0.25) is 0 Å². The van der Waals surface area contributed by atoms with E-state index in [0.29, 0.717) is 0 Å². The van der Waals surface area contributed by atoms with Crippen molar-refractivity contribution in [3.63, 3.8) is 0 Å². The molecule has 0 saturated carbocycles. The first-order chi connectivity index (χ1) is 8.76. The summed E-state index contributed by atoms with van der Waals surface area (Å²) in [5.41, 5.74) is 2.86. The second-order valence-corrected chi connectivity index (χ2v) is 5.99. The fraction of sp³-hybridized carbons (Fsp3) is 0.625. The van der Waals surface area contributed by atoms with Gasteiger partial charge in [-0.1, -0.05) is 36.8 Å². The molecule has 1 atom stereocenters. The van der Waals surface area contributed by atoms with E-state index < -0.39 is 0 Å². The fourth-order valence-corrected chi connectivity index (χ4v) is 2.77. The Hall–Kier alpha value is -0.470. The van der Waals surface area contributed by atoms with E-state index in [1.54, 1.807) is 0 Å². The van der Waals surface area contributed by atoms with Crippen LogP contribution in [0.1, 0.15) is 30.9 Å². The molecule has 0 saturated heterocycles. The molecule has 0 aliphatic carbocycles. The molecule has 18 heavy (non-hydrogen) atoms. The van der Waals surface area contributed by atoms with Crippen molar-refractivity contribution >= 4 is 11.8 Å². The van der Waals surface area contributed by atoms with E-state index >= 15 is 0 Å². The molecular weight excluding hydrogens is 238 g/mol. The minimum Gasteiger partial charge on any atom is -0.317 e. The number of thioether (sulfide) groups is 1. The molecule has 1 nitrogen and oxygen atoms in total. The Morgan fingerprint density at radius 1 is 1.33 bits per heavy atom. The van der Waals surface area contributed by atoms with E-state index in [-0.39, 0.29) is 0 Å². The van der Waals surface area contributed by atoms with Gasteiger partial charge in [0.15, 0.2) is 0 Å². The molecule has 1 aromatic carbocycles. The molecule has 0 fully saturated rings. The molecule has 1 aromatic rings. The maximum Gasteiger partial charge on any atom is -0.00174 e. The van der Waals surface area contributed by atoms with Crippen LogP contribution in [0.4, 0.5) is 0 Å². The minimum atomic E-state index is 0.777. The van der Waals surface area contributed by atoms with Gasteiger partial charge in [0, 0.05) is 0 Å². The number of nitrogens with one attached hydrogen (secondary N) is 1. The van der Waals surface area contributed by atoms with Crippen molar-refractivity contribution in [3.8, 4) is 0 Å². The molecule has 0 bridgehead atoms.